The van der Waals surface area contributed by atoms with Crippen molar-refractivity contribution < 1.29 is 37.3 Å². The van der Waals surface area contributed by atoms with Crippen LogP contribution in [0.2, 0.25) is 0 Å². The third kappa shape index (κ3) is 66.2. The molecule has 0 aromatic carbocycles. The third-order valence-electron chi connectivity index (χ3n) is 16.8. The summed E-state index contributed by atoms with van der Waals surface area (Å²) in [5.74, 6) is -0.487. The van der Waals surface area contributed by atoms with E-state index in [0.29, 0.717) is 23.9 Å². The number of carbonyl (C=O) groups is 2. The Morgan fingerprint density at radius 2 is 0.718 bits per heavy atom. The van der Waals surface area contributed by atoms with E-state index in [1.807, 2.05) is 27.2 Å². The molecular weight excluding hydrogens is 1070 g/mol. The minimum atomic E-state index is -4.45. The number of esters is 1. The lowest BCUT2D eigenvalue weighted by Crippen LogP contribution is -2.47. The molecule has 0 aromatic heterocycles. The first-order valence-corrected chi connectivity index (χ1v) is 38.5. The molecule has 3 atom stereocenters. The lowest BCUT2D eigenvalue weighted by molar-refractivity contribution is -0.870. The first kappa shape index (κ1) is 83.0. The Balaban J connectivity index is 5.05. The molecule has 2 N–H and O–H groups in total. The lowest BCUT2D eigenvalue weighted by Gasteiger charge is -2.27. The number of phosphoric acid groups is 1. The van der Waals surface area contributed by atoms with E-state index < -0.39 is 20.0 Å². The molecule has 10 heteroatoms. The number of ether oxygens (including phenoxy) is 1. The van der Waals surface area contributed by atoms with Gasteiger partial charge in [-0.3, -0.25) is 18.6 Å². The van der Waals surface area contributed by atoms with E-state index in [2.05, 4.69) is 68.6 Å². The van der Waals surface area contributed by atoms with E-state index >= 15 is 0 Å². The molecule has 1 amide bonds. The van der Waals surface area contributed by atoms with E-state index in [9.17, 15) is 19.0 Å². The van der Waals surface area contributed by atoms with Crippen LogP contribution >= 0.6 is 7.82 Å². The smallest absolute Gasteiger partial charge is 0.456 e. The van der Waals surface area contributed by atoms with Gasteiger partial charge in [-0.25, -0.2) is 4.57 Å². The zero-order valence-corrected chi connectivity index (χ0v) is 58.3. The lowest BCUT2D eigenvalue weighted by atomic mass is 10.0. The highest BCUT2D eigenvalue weighted by atomic mass is 31.2. The molecule has 0 saturated carbocycles. The van der Waals surface area contributed by atoms with E-state index in [1.54, 1.807) is 0 Å². The summed E-state index contributed by atoms with van der Waals surface area (Å²) in [6.45, 7) is 7.05. The second-order valence-electron chi connectivity index (χ2n) is 26.5. The number of allylic oxidation sites excluding steroid dienone is 7. The second kappa shape index (κ2) is 64.9. The van der Waals surface area contributed by atoms with E-state index in [0.717, 1.165) is 70.6 Å². The summed E-state index contributed by atoms with van der Waals surface area (Å²) in [4.78, 5) is 38.0. The highest BCUT2D eigenvalue weighted by Gasteiger charge is 2.30. The van der Waals surface area contributed by atoms with Crippen LogP contribution in [0, 0.1) is 0 Å². The number of rotatable bonds is 68. The highest BCUT2D eigenvalue weighted by molar-refractivity contribution is 7.47. The van der Waals surface area contributed by atoms with Crippen molar-refractivity contribution in [2.45, 2.75) is 380 Å². The summed E-state index contributed by atoms with van der Waals surface area (Å²) in [6.07, 6.45) is 82.6. The van der Waals surface area contributed by atoms with Gasteiger partial charge in [0.2, 0.25) is 5.91 Å². The maximum Gasteiger partial charge on any atom is 0.472 e. The average molecular weight is 1220 g/mol. The van der Waals surface area contributed by atoms with Crippen LogP contribution in [-0.2, 0) is 27.9 Å². The number of nitrogens with zero attached hydrogens (tertiary/aromatic N) is 1. The van der Waals surface area contributed by atoms with Gasteiger partial charge < -0.3 is 19.4 Å². The van der Waals surface area contributed by atoms with Crippen molar-refractivity contribution in [2.24, 2.45) is 0 Å². The number of carbonyl (C=O) groups excluding carboxylic acids is 2. The topological polar surface area (TPSA) is 111 Å². The van der Waals surface area contributed by atoms with Crippen LogP contribution in [0.4, 0.5) is 0 Å². The SMILES string of the molecule is CCCCC/C=C\C/C=C\C/C=C\CCCCCCCCCCCCCCC(=O)NC(COP(=O)(O)OCC[N+](C)(C)C)C(/C=C/CCCCCCCCCCCCC)OC(=O)CCCCCCCCCCCCCCCCCCCCCCC. The normalized spacial score (nSPS) is 13.7. The molecule has 0 fully saturated rings. The Kier molecular flexibility index (Phi) is 63.4. The Labute approximate surface area is 529 Å². The quantitative estimate of drug-likeness (QED) is 0.0205. The van der Waals surface area contributed by atoms with Crippen LogP contribution in [-0.4, -0.2) is 74.3 Å². The molecule has 0 radical (unpaired) electrons. The van der Waals surface area contributed by atoms with Crippen LogP contribution in [0.25, 0.3) is 0 Å². The van der Waals surface area contributed by atoms with Crippen molar-refractivity contribution in [2.75, 3.05) is 40.9 Å². The molecule has 0 bridgehead atoms. The van der Waals surface area contributed by atoms with Gasteiger partial charge in [-0.05, 0) is 70.3 Å². The van der Waals surface area contributed by atoms with Crippen molar-refractivity contribution in [3.05, 3.63) is 48.6 Å². The fourth-order valence-corrected chi connectivity index (χ4v) is 11.8. The highest BCUT2D eigenvalue weighted by Crippen LogP contribution is 2.43. The van der Waals surface area contributed by atoms with Gasteiger partial charge in [0.15, 0.2) is 0 Å². The number of amides is 1. The van der Waals surface area contributed by atoms with Crippen LogP contribution in [0.5, 0.6) is 0 Å². The predicted molar refractivity (Wildman–Crippen MR) is 369 cm³/mol. The van der Waals surface area contributed by atoms with Gasteiger partial charge >= 0.3 is 13.8 Å². The summed E-state index contributed by atoms with van der Waals surface area (Å²) in [5, 5.41) is 3.08. The molecule has 0 saturated heterocycles. The van der Waals surface area contributed by atoms with Gasteiger partial charge in [-0.1, -0.05) is 333 Å². The van der Waals surface area contributed by atoms with Gasteiger partial charge in [-0.15, -0.1) is 0 Å². The zero-order chi connectivity index (χ0) is 62.1. The minimum Gasteiger partial charge on any atom is -0.456 e. The molecular formula is C75H144N2O7P+. The number of hydrogen-bond acceptors (Lipinski definition) is 6. The first-order valence-electron chi connectivity index (χ1n) is 37.0. The van der Waals surface area contributed by atoms with Gasteiger partial charge in [-0.2, -0.15) is 0 Å². The fraction of sp³-hybridized carbons (Fsp3) is 0.867. The number of likely N-dealkylation sites (N-methyl/N-ethyl adjacent to an activating group) is 1. The molecule has 500 valence electrons. The summed E-state index contributed by atoms with van der Waals surface area (Å²) in [6, 6.07) is -0.848. The predicted octanol–water partition coefficient (Wildman–Crippen LogP) is 23.6. The van der Waals surface area contributed by atoms with Crippen LogP contribution in [0.1, 0.15) is 367 Å². The van der Waals surface area contributed by atoms with Crippen LogP contribution in [0.15, 0.2) is 48.6 Å². The molecule has 9 nitrogen and oxygen atoms in total. The van der Waals surface area contributed by atoms with Crippen molar-refractivity contribution >= 4 is 19.7 Å². The molecule has 85 heavy (non-hydrogen) atoms. The fourth-order valence-electron chi connectivity index (χ4n) is 11.1. The van der Waals surface area contributed by atoms with Crippen molar-refractivity contribution in [3.8, 4) is 0 Å². The number of hydrogen-bond donors (Lipinski definition) is 2. The van der Waals surface area contributed by atoms with E-state index in [-0.39, 0.29) is 25.1 Å². The molecule has 0 spiro atoms. The monoisotopic (exact) mass is 1220 g/mol. The Morgan fingerprint density at radius 1 is 0.412 bits per heavy atom. The summed E-state index contributed by atoms with van der Waals surface area (Å²) < 4.78 is 30.9. The van der Waals surface area contributed by atoms with E-state index in [1.165, 1.54) is 263 Å². The van der Waals surface area contributed by atoms with Gasteiger partial charge in [0.1, 0.15) is 19.3 Å². The maximum atomic E-state index is 13.6. The van der Waals surface area contributed by atoms with Gasteiger partial charge in [0, 0.05) is 12.8 Å². The Bertz CT molecular complexity index is 1590. The second-order valence-corrected chi connectivity index (χ2v) is 27.9. The number of unbranched alkanes of at least 4 members (excludes halogenated alkanes) is 46. The van der Waals surface area contributed by atoms with Crippen molar-refractivity contribution in [1.29, 1.82) is 0 Å². The van der Waals surface area contributed by atoms with Crippen LogP contribution < -0.4 is 5.32 Å². The zero-order valence-electron chi connectivity index (χ0n) is 57.4. The Morgan fingerprint density at radius 3 is 1.09 bits per heavy atom. The summed E-state index contributed by atoms with van der Waals surface area (Å²) in [7, 11) is 1.51. The Hall–Kier alpha value is -2.03. The maximum absolute atomic E-state index is 13.6. The van der Waals surface area contributed by atoms with Crippen molar-refractivity contribution in [3.63, 3.8) is 0 Å². The molecule has 3 unspecified atom stereocenters. The number of quaternary nitrogens is 1. The van der Waals surface area contributed by atoms with Crippen LogP contribution in [0.3, 0.4) is 0 Å². The first-order chi connectivity index (χ1) is 41.4. The molecule has 0 heterocycles. The van der Waals surface area contributed by atoms with Gasteiger partial charge in [0.05, 0.1) is 33.8 Å². The largest absolute Gasteiger partial charge is 0.472 e. The number of phosphoric ester groups is 1. The molecule has 0 aromatic rings. The summed E-state index contributed by atoms with van der Waals surface area (Å²) >= 11 is 0. The standard InChI is InChI=1S/C75H143N2O7P/c1-7-10-13-16-19-22-25-28-30-32-34-36-37-38-39-41-42-44-46-49-52-55-58-61-64-67-74(78)76-72(71-83-85(80,81)82-70-69-77(4,5)6)73(66-63-60-57-54-51-48-27-24-21-18-15-12-9-3)84-75(79)68-65-62-59-56-53-50-47-45-43-40-35-33-31-29-26-23-20-17-14-11-8-2/h19,22,28,30,34,36,63,66,72-73H,7-18,20-21,23-27,29,31-33,35,37-62,64-65,67-71H2,1-6H3,(H-,76,78,80,81)/p+1/b22-19-,30-28-,36-34-,66-63+. The van der Waals surface area contributed by atoms with Crippen molar-refractivity contribution in [1.82, 2.24) is 5.32 Å². The third-order valence-corrected chi connectivity index (χ3v) is 17.8. The molecule has 0 aliphatic rings. The molecule has 0 rings (SSSR count). The van der Waals surface area contributed by atoms with Gasteiger partial charge in [0.25, 0.3) is 0 Å². The molecule has 0 aliphatic carbocycles. The molecule has 0 aliphatic heterocycles. The summed E-state index contributed by atoms with van der Waals surface area (Å²) in [5.41, 5.74) is 0. The van der Waals surface area contributed by atoms with E-state index in [4.69, 9.17) is 13.8 Å². The minimum absolute atomic E-state index is 0.0419. The number of nitrogens with one attached hydrogen (secondary N) is 1. The average Bonchev–Trinajstić information content (AvgIpc) is 3.64.